The van der Waals surface area contributed by atoms with Gasteiger partial charge in [-0.05, 0) is 17.0 Å². The van der Waals surface area contributed by atoms with Gasteiger partial charge < -0.3 is 9.64 Å². The van der Waals surface area contributed by atoms with E-state index in [9.17, 15) is 9.59 Å². The van der Waals surface area contributed by atoms with Crippen molar-refractivity contribution in [3.63, 3.8) is 0 Å². The fraction of sp³-hybridized carbons (Fsp3) is 0.417. The Kier molecular flexibility index (Phi) is 8.24. The summed E-state index contributed by atoms with van der Waals surface area (Å²) in [5.41, 5.74) is 2.24. The Morgan fingerprint density at radius 3 is 1.79 bits per heavy atom. The lowest BCUT2D eigenvalue weighted by Crippen LogP contribution is -2.40. The zero-order valence-electron chi connectivity index (χ0n) is 17.3. The number of benzene rings is 2. The molecule has 4 heteroatoms. The molecule has 28 heavy (non-hydrogen) atoms. The van der Waals surface area contributed by atoms with Gasteiger partial charge in [0.2, 0.25) is 5.91 Å². The van der Waals surface area contributed by atoms with E-state index in [0.717, 1.165) is 11.1 Å². The van der Waals surface area contributed by atoms with Crippen LogP contribution in [0.1, 0.15) is 44.2 Å². The number of carbonyl (C=O) groups is 2. The van der Waals surface area contributed by atoms with Crippen molar-refractivity contribution in [1.29, 1.82) is 0 Å². The van der Waals surface area contributed by atoms with E-state index in [1.807, 2.05) is 41.3 Å². The smallest absolute Gasteiger partial charge is 0.310 e. The zero-order valence-corrected chi connectivity index (χ0v) is 17.3. The summed E-state index contributed by atoms with van der Waals surface area (Å²) in [6.45, 7) is 6.96. The normalized spacial score (nSPS) is 12.1. The molecule has 0 saturated heterocycles. The number of esters is 1. The topological polar surface area (TPSA) is 46.6 Å². The summed E-state index contributed by atoms with van der Waals surface area (Å²) in [6, 6.07) is 20.2. The SMILES string of the molecule is COC(=O)C(C)CN(CC(C)C)C(=O)CC(c1ccccc1)c1ccccc1. The molecule has 0 fully saturated rings. The van der Waals surface area contributed by atoms with Crippen molar-refractivity contribution in [3.05, 3.63) is 71.8 Å². The second kappa shape index (κ2) is 10.6. The fourth-order valence-electron chi connectivity index (χ4n) is 3.43. The predicted molar refractivity (Wildman–Crippen MR) is 112 cm³/mol. The van der Waals surface area contributed by atoms with Crippen LogP contribution in [0.3, 0.4) is 0 Å². The Morgan fingerprint density at radius 1 is 0.857 bits per heavy atom. The molecule has 0 aliphatic heterocycles. The number of methoxy groups -OCH3 is 1. The lowest BCUT2D eigenvalue weighted by Gasteiger charge is -2.29. The molecule has 1 atom stereocenters. The highest BCUT2D eigenvalue weighted by Gasteiger charge is 2.25. The Hall–Kier alpha value is -2.62. The number of hydrogen-bond donors (Lipinski definition) is 0. The van der Waals surface area contributed by atoms with Gasteiger partial charge in [-0.1, -0.05) is 81.4 Å². The minimum absolute atomic E-state index is 0.0157. The molecule has 1 unspecified atom stereocenters. The summed E-state index contributed by atoms with van der Waals surface area (Å²) in [6.07, 6.45) is 0.370. The van der Waals surface area contributed by atoms with Crippen LogP contribution >= 0.6 is 0 Å². The average molecular weight is 382 g/mol. The van der Waals surface area contributed by atoms with Crippen molar-refractivity contribution in [2.45, 2.75) is 33.1 Å². The third-order valence-electron chi connectivity index (χ3n) is 4.82. The minimum Gasteiger partial charge on any atom is -0.469 e. The zero-order chi connectivity index (χ0) is 20.5. The van der Waals surface area contributed by atoms with E-state index in [0.29, 0.717) is 25.4 Å². The largest absolute Gasteiger partial charge is 0.469 e. The third-order valence-corrected chi connectivity index (χ3v) is 4.82. The van der Waals surface area contributed by atoms with Gasteiger partial charge in [0.1, 0.15) is 0 Å². The van der Waals surface area contributed by atoms with Crippen LogP contribution in [0.2, 0.25) is 0 Å². The second-order valence-corrected chi connectivity index (χ2v) is 7.69. The summed E-state index contributed by atoms with van der Waals surface area (Å²) in [7, 11) is 1.38. The number of carbonyl (C=O) groups excluding carboxylic acids is 2. The molecule has 0 heterocycles. The quantitative estimate of drug-likeness (QED) is 0.601. The Morgan fingerprint density at radius 2 is 1.36 bits per heavy atom. The van der Waals surface area contributed by atoms with Crippen LogP contribution in [0.4, 0.5) is 0 Å². The van der Waals surface area contributed by atoms with Crippen molar-refractivity contribution >= 4 is 11.9 Å². The number of amides is 1. The summed E-state index contributed by atoms with van der Waals surface area (Å²) < 4.78 is 4.84. The number of hydrogen-bond acceptors (Lipinski definition) is 3. The maximum absolute atomic E-state index is 13.3. The molecule has 0 aliphatic carbocycles. The average Bonchev–Trinajstić information content (AvgIpc) is 2.71. The number of ether oxygens (including phenoxy) is 1. The Labute approximate surface area is 168 Å². The molecule has 0 aromatic heterocycles. The van der Waals surface area contributed by atoms with Gasteiger partial charge in [0.25, 0.3) is 0 Å². The van der Waals surface area contributed by atoms with Gasteiger partial charge in [-0.3, -0.25) is 9.59 Å². The molecule has 2 aromatic rings. The first-order valence-electron chi connectivity index (χ1n) is 9.87. The molecule has 2 rings (SSSR count). The first-order valence-corrected chi connectivity index (χ1v) is 9.87. The van der Waals surface area contributed by atoms with Gasteiger partial charge in [-0.2, -0.15) is 0 Å². The first kappa shape index (κ1) is 21.7. The standard InChI is InChI=1S/C24H31NO3/c1-18(2)16-25(17-19(3)24(27)28-4)23(26)15-22(20-11-7-5-8-12-20)21-13-9-6-10-14-21/h5-14,18-19,22H,15-17H2,1-4H3. The summed E-state index contributed by atoms with van der Waals surface area (Å²) in [5, 5.41) is 0. The molecule has 2 aromatic carbocycles. The fourth-order valence-corrected chi connectivity index (χ4v) is 3.43. The second-order valence-electron chi connectivity index (χ2n) is 7.69. The number of nitrogens with zero attached hydrogens (tertiary/aromatic N) is 1. The lowest BCUT2D eigenvalue weighted by atomic mass is 9.88. The van der Waals surface area contributed by atoms with Gasteiger partial charge in [0.05, 0.1) is 13.0 Å². The van der Waals surface area contributed by atoms with Crippen molar-refractivity contribution in [2.75, 3.05) is 20.2 Å². The van der Waals surface area contributed by atoms with E-state index in [4.69, 9.17) is 4.74 Å². The monoisotopic (exact) mass is 381 g/mol. The van der Waals surface area contributed by atoms with Crippen molar-refractivity contribution in [2.24, 2.45) is 11.8 Å². The molecule has 0 radical (unpaired) electrons. The van der Waals surface area contributed by atoms with Crippen LogP contribution in [0, 0.1) is 11.8 Å². The molecule has 0 aliphatic rings. The third kappa shape index (κ3) is 6.22. The number of rotatable bonds is 9. The highest BCUT2D eigenvalue weighted by Crippen LogP contribution is 2.29. The van der Waals surface area contributed by atoms with Crippen molar-refractivity contribution in [1.82, 2.24) is 4.90 Å². The van der Waals surface area contributed by atoms with Crippen LogP contribution in [-0.2, 0) is 14.3 Å². The van der Waals surface area contributed by atoms with E-state index in [2.05, 4.69) is 38.1 Å². The molecule has 150 valence electrons. The van der Waals surface area contributed by atoms with Gasteiger partial charge in [0.15, 0.2) is 0 Å². The van der Waals surface area contributed by atoms with E-state index in [-0.39, 0.29) is 23.7 Å². The minimum atomic E-state index is -0.348. The maximum atomic E-state index is 13.3. The van der Waals surface area contributed by atoms with Crippen LogP contribution in [0.15, 0.2) is 60.7 Å². The van der Waals surface area contributed by atoms with Gasteiger partial charge in [0, 0.05) is 25.4 Å². The van der Waals surface area contributed by atoms with E-state index < -0.39 is 0 Å². The van der Waals surface area contributed by atoms with Crippen LogP contribution in [0.25, 0.3) is 0 Å². The lowest BCUT2D eigenvalue weighted by molar-refractivity contribution is -0.146. The van der Waals surface area contributed by atoms with Gasteiger partial charge >= 0.3 is 5.97 Å². The molecule has 4 nitrogen and oxygen atoms in total. The molecule has 0 N–H and O–H groups in total. The van der Waals surface area contributed by atoms with Gasteiger partial charge in [-0.15, -0.1) is 0 Å². The molecule has 0 bridgehead atoms. The molecule has 0 saturated carbocycles. The molecule has 1 amide bonds. The van der Waals surface area contributed by atoms with E-state index >= 15 is 0 Å². The Bertz CT molecular complexity index is 703. The summed E-state index contributed by atoms with van der Waals surface area (Å²) in [4.78, 5) is 26.9. The highest BCUT2D eigenvalue weighted by atomic mass is 16.5. The molecule has 0 spiro atoms. The molecular formula is C24H31NO3. The van der Waals surface area contributed by atoms with E-state index in [1.165, 1.54) is 7.11 Å². The van der Waals surface area contributed by atoms with Crippen molar-refractivity contribution in [3.8, 4) is 0 Å². The Balaban J connectivity index is 2.24. The van der Waals surface area contributed by atoms with Crippen LogP contribution in [0.5, 0.6) is 0 Å². The van der Waals surface area contributed by atoms with Crippen molar-refractivity contribution < 1.29 is 14.3 Å². The van der Waals surface area contributed by atoms with E-state index in [1.54, 1.807) is 6.92 Å². The first-order chi connectivity index (χ1) is 13.4. The summed E-state index contributed by atoms with van der Waals surface area (Å²) >= 11 is 0. The van der Waals surface area contributed by atoms with Gasteiger partial charge in [-0.25, -0.2) is 0 Å². The van der Waals surface area contributed by atoms with Crippen LogP contribution in [-0.4, -0.2) is 37.0 Å². The maximum Gasteiger partial charge on any atom is 0.310 e. The predicted octanol–water partition coefficient (Wildman–Crippen LogP) is 4.50. The molecular weight excluding hydrogens is 350 g/mol. The highest BCUT2D eigenvalue weighted by molar-refractivity contribution is 5.79. The van der Waals surface area contributed by atoms with Crippen LogP contribution < -0.4 is 0 Å². The summed E-state index contributed by atoms with van der Waals surface area (Å²) in [5.74, 6) is -0.273.